The Morgan fingerprint density at radius 2 is 2.00 bits per heavy atom. The van der Waals surface area contributed by atoms with E-state index >= 15 is 0 Å². The second-order valence-corrected chi connectivity index (χ2v) is 6.88. The summed E-state index contributed by atoms with van der Waals surface area (Å²) in [7, 11) is 0. The fourth-order valence-corrected chi connectivity index (χ4v) is 3.49. The van der Waals surface area contributed by atoms with Crippen molar-refractivity contribution in [3.05, 3.63) is 29.8 Å². The third-order valence-electron chi connectivity index (χ3n) is 4.95. The van der Waals surface area contributed by atoms with Crippen LogP contribution in [0.5, 0.6) is 0 Å². The Balaban J connectivity index is 1.37. The smallest absolute Gasteiger partial charge is 0.324 e. The van der Waals surface area contributed by atoms with Gasteiger partial charge in [0.15, 0.2) is 11.5 Å². The average Bonchev–Trinajstić information content (AvgIpc) is 3.46. The van der Waals surface area contributed by atoms with E-state index < -0.39 is 0 Å². The normalized spacial score (nSPS) is 17.8. The molecule has 0 atom stereocenters. The third kappa shape index (κ3) is 3.17. The largest absolute Gasteiger partial charge is 0.355 e. The summed E-state index contributed by atoms with van der Waals surface area (Å²) in [4.78, 5) is 24.3. The van der Waals surface area contributed by atoms with Crippen molar-refractivity contribution in [2.75, 3.05) is 42.5 Å². The lowest BCUT2D eigenvalue weighted by atomic mass is 10.4. The van der Waals surface area contributed by atoms with Crippen molar-refractivity contribution >= 4 is 35.5 Å². The molecule has 28 heavy (non-hydrogen) atoms. The van der Waals surface area contributed by atoms with E-state index in [0.29, 0.717) is 24.9 Å². The predicted molar refractivity (Wildman–Crippen MR) is 103 cm³/mol. The molecule has 2 aliphatic rings. The lowest BCUT2D eigenvalue weighted by Gasteiger charge is -2.23. The monoisotopic (exact) mass is 380 g/mol. The lowest BCUT2D eigenvalue weighted by Crippen LogP contribution is -2.47. The van der Waals surface area contributed by atoms with Crippen LogP contribution < -0.4 is 15.1 Å². The molecule has 0 aromatic carbocycles. The minimum absolute atomic E-state index is 0.0489. The second kappa shape index (κ2) is 6.95. The van der Waals surface area contributed by atoms with Crippen LogP contribution in [0, 0.1) is 0 Å². The Kier molecular flexibility index (Phi) is 4.15. The van der Waals surface area contributed by atoms with E-state index in [1.165, 1.54) is 12.8 Å². The molecule has 2 aliphatic heterocycles. The number of anilines is 2. The number of imidazole rings is 1. The molecule has 2 saturated heterocycles. The van der Waals surface area contributed by atoms with Gasteiger partial charge in [0, 0.05) is 26.2 Å². The molecule has 5 heterocycles. The SMILES string of the molecule is O=C1CN(c2nc(/C=C/c3cnc4ccc(N5CCCC5)nn34)no2)CCN1. The number of fused-ring (bicyclic) bond motifs is 1. The van der Waals surface area contributed by atoms with Crippen molar-refractivity contribution in [1.29, 1.82) is 0 Å². The number of carbonyl (C=O) groups excluding carboxylic acids is 1. The summed E-state index contributed by atoms with van der Waals surface area (Å²) in [6, 6.07) is 4.34. The van der Waals surface area contributed by atoms with Gasteiger partial charge in [-0.3, -0.25) is 4.79 Å². The molecule has 3 aromatic rings. The number of aromatic nitrogens is 5. The van der Waals surface area contributed by atoms with Crippen molar-refractivity contribution in [2.24, 2.45) is 0 Å². The molecule has 144 valence electrons. The minimum atomic E-state index is -0.0489. The van der Waals surface area contributed by atoms with Crippen LogP contribution in [0.15, 0.2) is 22.9 Å². The van der Waals surface area contributed by atoms with E-state index in [0.717, 1.165) is 30.2 Å². The van der Waals surface area contributed by atoms with E-state index in [2.05, 4.69) is 25.3 Å². The number of nitrogens with zero attached hydrogens (tertiary/aromatic N) is 7. The highest BCUT2D eigenvalue weighted by atomic mass is 16.5. The van der Waals surface area contributed by atoms with E-state index in [9.17, 15) is 4.79 Å². The molecule has 10 heteroatoms. The van der Waals surface area contributed by atoms with Crippen LogP contribution in [0.2, 0.25) is 0 Å². The fourth-order valence-electron chi connectivity index (χ4n) is 3.49. The number of rotatable bonds is 4. The molecule has 0 radical (unpaired) electrons. The number of carbonyl (C=O) groups is 1. The lowest BCUT2D eigenvalue weighted by molar-refractivity contribution is -0.120. The number of hydrogen-bond donors (Lipinski definition) is 1. The predicted octanol–water partition coefficient (Wildman–Crippen LogP) is 0.819. The first kappa shape index (κ1) is 16.7. The summed E-state index contributed by atoms with van der Waals surface area (Å²) in [6.45, 7) is 3.52. The van der Waals surface area contributed by atoms with Gasteiger partial charge in [-0.2, -0.15) is 4.98 Å². The molecule has 0 saturated carbocycles. The first-order valence-electron chi connectivity index (χ1n) is 9.39. The molecular weight excluding hydrogens is 360 g/mol. The maximum absolute atomic E-state index is 11.5. The quantitative estimate of drug-likeness (QED) is 0.709. The van der Waals surface area contributed by atoms with Crippen molar-refractivity contribution in [1.82, 2.24) is 30.1 Å². The summed E-state index contributed by atoms with van der Waals surface area (Å²) >= 11 is 0. The Morgan fingerprint density at radius 3 is 2.86 bits per heavy atom. The van der Waals surface area contributed by atoms with Crippen LogP contribution in [0.4, 0.5) is 11.8 Å². The second-order valence-electron chi connectivity index (χ2n) is 6.88. The van der Waals surface area contributed by atoms with Crippen LogP contribution >= 0.6 is 0 Å². The molecule has 3 aromatic heterocycles. The summed E-state index contributed by atoms with van der Waals surface area (Å²) in [5.41, 5.74) is 1.62. The van der Waals surface area contributed by atoms with E-state index in [-0.39, 0.29) is 12.5 Å². The minimum Gasteiger partial charge on any atom is -0.355 e. The zero-order chi connectivity index (χ0) is 18.9. The summed E-state index contributed by atoms with van der Waals surface area (Å²) in [5.74, 6) is 1.35. The molecule has 0 spiro atoms. The van der Waals surface area contributed by atoms with Gasteiger partial charge in [-0.25, -0.2) is 9.50 Å². The highest BCUT2D eigenvalue weighted by molar-refractivity contribution is 5.81. The Hall–Kier alpha value is -3.43. The van der Waals surface area contributed by atoms with Crippen molar-refractivity contribution in [3.8, 4) is 0 Å². The van der Waals surface area contributed by atoms with E-state index in [1.54, 1.807) is 17.2 Å². The first-order chi connectivity index (χ1) is 13.8. The highest BCUT2D eigenvalue weighted by Crippen LogP contribution is 2.19. The van der Waals surface area contributed by atoms with Gasteiger partial charge in [0.25, 0.3) is 0 Å². The number of nitrogens with one attached hydrogen (secondary N) is 1. The van der Waals surface area contributed by atoms with Gasteiger partial charge in [-0.05, 0) is 37.1 Å². The molecular formula is C18H20N8O2. The van der Waals surface area contributed by atoms with Gasteiger partial charge in [0.05, 0.1) is 11.9 Å². The van der Waals surface area contributed by atoms with Crippen LogP contribution in [0.3, 0.4) is 0 Å². The molecule has 10 nitrogen and oxygen atoms in total. The fraction of sp³-hybridized carbons (Fsp3) is 0.389. The van der Waals surface area contributed by atoms with Gasteiger partial charge in [-0.1, -0.05) is 5.16 Å². The summed E-state index contributed by atoms with van der Waals surface area (Å²) in [5, 5.41) is 11.5. The molecule has 1 amide bonds. The van der Waals surface area contributed by atoms with Gasteiger partial charge < -0.3 is 19.6 Å². The van der Waals surface area contributed by atoms with Crippen LogP contribution in [0.1, 0.15) is 24.4 Å². The van der Waals surface area contributed by atoms with Crippen LogP contribution in [-0.2, 0) is 4.79 Å². The molecule has 5 rings (SSSR count). The summed E-state index contributed by atoms with van der Waals surface area (Å²) in [6.07, 6.45) is 7.79. The number of piperazine rings is 1. The van der Waals surface area contributed by atoms with E-state index in [1.807, 2.05) is 22.7 Å². The molecule has 0 aliphatic carbocycles. The van der Waals surface area contributed by atoms with Gasteiger partial charge in [-0.15, -0.1) is 5.10 Å². The number of amides is 1. The maximum Gasteiger partial charge on any atom is 0.324 e. The van der Waals surface area contributed by atoms with Crippen molar-refractivity contribution in [3.63, 3.8) is 0 Å². The molecule has 0 bridgehead atoms. The topological polar surface area (TPSA) is 105 Å². The molecule has 2 fully saturated rings. The third-order valence-corrected chi connectivity index (χ3v) is 4.95. The van der Waals surface area contributed by atoms with Gasteiger partial charge in [0.1, 0.15) is 12.4 Å². The maximum atomic E-state index is 11.5. The Morgan fingerprint density at radius 1 is 1.11 bits per heavy atom. The average molecular weight is 380 g/mol. The zero-order valence-corrected chi connectivity index (χ0v) is 15.3. The number of hydrogen-bond acceptors (Lipinski definition) is 8. The molecule has 0 unspecified atom stereocenters. The zero-order valence-electron chi connectivity index (χ0n) is 15.3. The Bertz CT molecular complexity index is 1030. The first-order valence-corrected chi connectivity index (χ1v) is 9.39. The van der Waals surface area contributed by atoms with Crippen molar-refractivity contribution in [2.45, 2.75) is 12.8 Å². The van der Waals surface area contributed by atoms with Crippen LogP contribution in [-0.4, -0.2) is 63.4 Å². The van der Waals surface area contributed by atoms with Crippen LogP contribution in [0.25, 0.3) is 17.8 Å². The highest BCUT2D eigenvalue weighted by Gasteiger charge is 2.21. The van der Waals surface area contributed by atoms with Gasteiger partial charge >= 0.3 is 6.01 Å². The van der Waals surface area contributed by atoms with E-state index in [4.69, 9.17) is 9.62 Å². The standard InChI is InChI=1S/C18H20N8O2/c27-17-12-25(10-7-19-17)18-21-14(23-28-18)4-3-13-11-20-15-5-6-16(22-26(13)15)24-8-1-2-9-24/h3-6,11H,1-2,7-10,12H2,(H,19,27)/b4-3+. The van der Waals surface area contributed by atoms with Gasteiger partial charge in [0.2, 0.25) is 5.91 Å². The molecule has 1 N–H and O–H groups in total. The van der Waals surface area contributed by atoms with Crippen molar-refractivity contribution < 1.29 is 9.32 Å². The summed E-state index contributed by atoms with van der Waals surface area (Å²) < 4.78 is 7.10. The Labute approximate surface area is 160 Å².